The summed E-state index contributed by atoms with van der Waals surface area (Å²) in [6.45, 7) is 6.02. The van der Waals surface area contributed by atoms with Gasteiger partial charge < -0.3 is 17.2 Å². The fraction of sp³-hybridized carbons (Fsp3) is 1.00. The highest BCUT2D eigenvalue weighted by molar-refractivity contribution is 4.98. The van der Waals surface area contributed by atoms with Gasteiger partial charge in [-0.2, -0.15) is 0 Å². The van der Waals surface area contributed by atoms with Crippen LogP contribution in [0.25, 0.3) is 0 Å². The van der Waals surface area contributed by atoms with Crippen molar-refractivity contribution in [3.63, 3.8) is 0 Å². The second-order valence-corrected chi connectivity index (χ2v) is 3.34. The third-order valence-corrected chi connectivity index (χ3v) is 1.90. The van der Waals surface area contributed by atoms with Gasteiger partial charge in [-0.1, -0.05) is 0 Å². The molecule has 0 radical (unpaired) electrons. The molecule has 0 aromatic heterocycles. The second kappa shape index (κ2) is 2.25. The molecule has 0 amide bonds. The van der Waals surface area contributed by atoms with Crippen molar-refractivity contribution in [1.29, 1.82) is 0 Å². The molecule has 9 heavy (non-hydrogen) atoms. The van der Waals surface area contributed by atoms with Gasteiger partial charge in [-0.3, -0.25) is 0 Å². The van der Waals surface area contributed by atoms with Crippen molar-refractivity contribution in [2.75, 3.05) is 6.54 Å². The van der Waals surface area contributed by atoms with Crippen molar-refractivity contribution in [1.82, 2.24) is 0 Å². The van der Waals surface area contributed by atoms with E-state index in [2.05, 4.69) is 0 Å². The Kier molecular flexibility index (Phi) is 2.22. The van der Waals surface area contributed by atoms with Gasteiger partial charge in [-0.05, 0) is 20.8 Å². The standard InChI is InChI=1S/C6H17N3/c1-5(2,8)6(3,9)4-7/h4,7-9H2,1-3H3. The van der Waals surface area contributed by atoms with Crippen LogP contribution in [0, 0.1) is 0 Å². The largest absolute Gasteiger partial charge is 0.329 e. The molecule has 0 spiro atoms. The SMILES string of the molecule is CC(C)(N)C(C)(N)CN. The molecule has 0 heterocycles. The first-order chi connectivity index (χ1) is 3.81. The molecule has 0 aromatic rings. The molecule has 0 aliphatic carbocycles. The molecule has 6 N–H and O–H groups in total. The zero-order valence-corrected chi connectivity index (χ0v) is 6.44. The van der Waals surface area contributed by atoms with Crippen LogP contribution in [0.2, 0.25) is 0 Å². The summed E-state index contributed by atoms with van der Waals surface area (Å²) < 4.78 is 0. The van der Waals surface area contributed by atoms with Crippen LogP contribution in [-0.2, 0) is 0 Å². The average Bonchev–Trinajstić information content (AvgIpc) is 1.64. The number of rotatable bonds is 2. The zero-order valence-electron chi connectivity index (χ0n) is 6.44. The van der Waals surface area contributed by atoms with E-state index >= 15 is 0 Å². The van der Waals surface area contributed by atoms with E-state index in [9.17, 15) is 0 Å². The Hall–Kier alpha value is -0.120. The molecule has 0 saturated heterocycles. The Balaban J connectivity index is 4.14. The summed E-state index contributed by atoms with van der Waals surface area (Å²) in [5.74, 6) is 0. The van der Waals surface area contributed by atoms with E-state index in [0.717, 1.165) is 0 Å². The maximum absolute atomic E-state index is 5.74. The maximum atomic E-state index is 5.74. The van der Waals surface area contributed by atoms with Crippen molar-refractivity contribution >= 4 is 0 Å². The maximum Gasteiger partial charge on any atom is 0.0426 e. The Labute approximate surface area is 56.6 Å². The van der Waals surface area contributed by atoms with Crippen LogP contribution >= 0.6 is 0 Å². The lowest BCUT2D eigenvalue weighted by atomic mass is 9.83. The van der Waals surface area contributed by atoms with Gasteiger partial charge in [0.1, 0.15) is 0 Å². The molecular formula is C6H17N3. The molecule has 0 rings (SSSR count). The Bertz CT molecular complexity index is 91.0. The summed E-state index contributed by atoms with van der Waals surface area (Å²) in [6.07, 6.45) is 0. The van der Waals surface area contributed by atoms with Gasteiger partial charge in [0.15, 0.2) is 0 Å². The van der Waals surface area contributed by atoms with E-state index in [1.807, 2.05) is 20.8 Å². The van der Waals surface area contributed by atoms with Gasteiger partial charge in [-0.15, -0.1) is 0 Å². The van der Waals surface area contributed by atoms with Crippen molar-refractivity contribution in [3.8, 4) is 0 Å². The first-order valence-corrected chi connectivity index (χ1v) is 3.09. The van der Waals surface area contributed by atoms with Gasteiger partial charge >= 0.3 is 0 Å². The van der Waals surface area contributed by atoms with Gasteiger partial charge in [0.25, 0.3) is 0 Å². The second-order valence-electron chi connectivity index (χ2n) is 3.34. The Morgan fingerprint density at radius 3 is 1.44 bits per heavy atom. The minimum atomic E-state index is -0.465. The summed E-state index contributed by atoms with van der Waals surface area (Å²) >= 11 is 0. The zero-order chi connectivity index (χ0) is 7.71. The van der Waals surface area contributed by atoms with Crippen LogP contribution < -0.4 is 17.2 Å². The predicted molar refractivity (Wildman–Crippen MR) is 39.9 cm³/mol. The molecule has 1 unspecified atom stereocenters. The Morgan fingerprint density at radius 1 is 1.11 bits per heavy atom. The number of nitrogens with two attached hydrogens (primary N) is 3. The molecule has 0 aromatic carbocycles. The highest BCUT2D eigenvalue weighted by Gasteiger charge is 2.32. The normalized spacial score (nSPS) is 19.3. The van der Waals surface area contributed by atoms with E-state index in [1.54, 1.807) is 0 Å². The van der Waals surface area contributed by atoms with Gasteiger partial charge in [0.05, 0.1) is 0 Å². The molecule has 0 aliphatic rings. The molecule has 3 nitrogen and oxygen atoms in total. The summed E-state index contributed by atoms with van der Waals surface area (Å²) in [7, 11) is 0. The lowest BCUT2D eigenvalue weighted by Crippen LogP contribution is -2.64. The molecular weight excluding hydrogens is 114 g/mol. The predicted octanol–water partition coefficient (Wildman–Crippen LogP) is -0.600. The lowest BCUT2D eigenvalue weighted by Gasteiger charge is -2.36. The van der Waals surface area contributed by atoms with Crippen LogP contribution in [0.15, 0.2) is 0 Å². The van der Waals surface area contributed by atoms with E-state index in [0.29, 0.717) is 6.54 Å². The summed E-state index contributed by atoms with van der Waals surface area (Å²) in [6, 6.07) is 0. The van der Waals surface area contributed by atoms with E-state index in [1.165, 1.54) is 0 Å². The quantitative estimate of drug-likeness (QED) is 0.468. The van der Waals surface area contributed by atoms with Crippen molar-refractivity contribution in [2.45, 2.75) is 31.8 Å². The Morgan fingerprint density at radius 2 is 1.44 bits per heavy atom. The molecule has 0 fully saturated rings. The van der Waals surface area contributed by atoms with Crippen LogP contribution in [0.5, 0.6) is 0 Å². The first-order valence-electron chi connectivity index (χ1n) is 3.09. The summed E-state index contributed by atoms with van der Waals surface area (Å²) in [5.41, 5.74) is 16.0. The number of hydrogen-bond donors (Lipinski definition) is 3. The van der Waals surface area contributed by atoms with Crippen LogP contribution in [0.1, 0.15) is 20.8 Å². The topological polar surface area (TPSA) is 78.1 Å². The van der Waals surface area contributed by atoms with E-state index in [4.69, 9.17) is 17.2 Å². The molecule has 0 saturated carbocycles. The van der Waals surface area contributed by atoms with Crippen LogP contribution in [0.4, 0.5) is 0 Å². The van der Waals surface area contributed by atoms with Crippen LogP contribution in [-0.4, -0.2) is 17.6 Å². The van der Waals surface area contributed by atoms with Crippen molar-refractivity contribution in [3.05, 3.63) is 0 Å². The number of hydrogen-bond acceptors (Lipinski definition) is 3. The van der Waals surface area contributed by atoms with Crippen LogP contribution in [0.3, 0.4) is 0 Å². The minimum Gasteiger partial charge on any atom is -0.329 e. The summed E-state index contributed by atoms with van der Waals surface area (Å²) in [4.78, 5) is 0. The van der Waals surface area contributed by atoms with Crippen molar-refractivity contribution in [2.24, 2.45) is 17.2 Å². The summed E-state index contributed by atoms with van der Waals surface area (Å²) in [5, 5.41) is 0. The smallest absolute Gasteiger partial charge is 0.0426 e. The minimum absolute atomic E-state index is 0.401. The average molecular weight is 131 g/mol. The molecule has 56 valence electrons. The molecule has 1 atom stereocenters. The fourth-order valence-corrected chi connectivity index (χ4v) is 0.263. The molecule has 0 bridgehead atoms. The van der Waals surface area contributed by atoms with E-state index in [-0.39, 0.29) is 0 Å². The highest BCUT2D eigenvalue weighted by atomic mass is 14.9. The lowest BCUT2D eigenvalue weighted by molar-refractivity contribution is 0.291. The molecule has 3 heteroatoms. The van der Waals surface area contributed by atoms with E-state index < -0.39 is 11.1 Å². The third-order valence-electron chi connectivity index (χ3n) is 1.90. The van der Waals surface area contributed by atoms with Gasteiger partial charge in [0, 0.05) is 17.6 Å². The first kappa shape index (κ1) is 8.88. The fourth-order valence-electron chi connectivity index (χ4n) is 0.263. The van der Waals surface area contributed by atoms with Crippen molar-refractivity contribution < 1.29 is 0 Å². The van der Waals surface area contributed by atoms with Gasteiger partial charge in [0.2, 0.25) is 0 Å². The van der Waals surface area contributed by atoms with Gasteiger partial charge in [-0.25, -0.2) is 0 Å². The molecule has 0 aliphatic heterocycles. The monoisotopic (exact) mass is 131 g/mol. The third kappa shape index (κ3) is 1.93. The highest BCUT2D eigenvalue weighted by Crippen LogP contribution is 2.13.